The number of thiophene rings is 2. The van der Waals surface area contributed by atoms with Crippen LogP contribution in [0.1, 0.15) is 19.5 Å². The van der Waals surface area contributed by atoms with Crippen molar-refractivity contribution in [2.24, 2.45) is 0 Å². The molecule has 2 N–H and O–H groups in total. The highest BCUT2D eigenvalue weighted by molar-refractivity contribution is 7.76. The van der Waals surface area contributed by atoms with Gasteiger partial charge in [-0.1, -0.05) is 0 Å². The molecule has 0 spiro atoms. The molecule has 0 saturated carbocycles. The predicted molar refractivity (Wildman–Crippen MR) is 80.3 cm³/mol. The summed E-state index contributed by atoms with van der Waals surface area (Å²) in [4.78, 5) is 2.78. The van der Waals surface area contributed by atoms with Gasteiger partial charge in [0, 0.05) is 19.5 Å². The van der Waals surface area contributed by atoms with Crippen LogP contribution in [0.3, 0.4) is 0 Å². The van der Waals surface area contributed by atoms with E-state index in [9.17, 15) is 14.4 Å². The normalized spacial score (nSPS) is 11.1. The lowest BCUT2D eigenvalue weighted by Crippen LogP contribution is -2.08. The third-order valence-electron chi connectivity index (χ3n) is 2.65. The number of rotatable bonds is 4. The highest BCUT2D eigenvalue weighted by atomic mass is 32.2. The van der Waals surface area contributed by atoms with Gasteiger partial charge in [-0.2, -0.15) is 4.21 Å². The van der Waals surface area contributed by atoms with Gasteiger partial charge < -0.3 is 18.6 Å². The van der Waals surface area contributed by atoms with Crippen molar-refractivity contribution in [3.8, 4) is 23.0 Å². The fraction of sp³-hybridized carbons (Fsp3) is 0.333. The molecule has 0 amide bonds. The fourth-order valence-electron chi connectivity index (χ4n) is 1.65. The van der Waals surface area contributed by atoms with Crippen LogP contribution in [0.25, 0.3) is 0 Å². The van der Waals surface area contributed by atoms with Gasteiger partial charge in [-0.15, -0.1) is 22.7 Å². The first-order valence-electron chi connectivity index (χ1n) is 5.67. The van der Waals surface area contributed by atoms with Gasteiger partial charge in [0.15, 0.2) is 23.0 Å². The van der Waals surface area contributed by atoms with Crippen molar-refractivity contribution in [1.82, 2.24) is 0 Å². The van der Waals surface area contributed by atoms with E-state index in [1.54, 1.807) is 27.7 Å². The molecule has 110 valence electrons. The maximum Gasteiger partial charge on any atom is 0.418 e. The molecule has 0 atom stereocenters. The van der Waals surface area contributed by atoms with Crippen LogP contribution in [-0.4, -0.2) is 14.4 Å². The molecular weight excluding hydrogens is 320 g/mol. The quantitative estimate of drug-likeness (QED) is 0.895. The summed E-state index contributed by atoms with van der Waals surface area (Å²) in [6.45, 7) is 6.98. The molecule has 0 aliphatic heterocycles. The monoisotopic (exact) mass is 334 g/mol. The average Bonchev–Trinajstić information content (AvgIpc) is 2.74. The summed E-state index contributed by atoms with van der Waals surface area (Å²) < 4.78 is 22.1. The Labute approximate surface area is 127 Å². The number of hydrogen-bond donors (Lipinski definition) is 2. The molecule has 2 aromatic rings. The van der Waals surface area contributed by atoms with Gasteiger partial charge in [0.2, 0.25) is 0 Å². The minimum atomic E-state index is -2.14. The molecule has 20 heavy (non-hydrogen) atoms. The molecule has 0 saturated heterocycles. The first kappa shape index (κ1) is 15.1. The molecule has 2 rings (SSSR count). The second-order valence-corrected chi connectivity index (χ2v) is 7.75. The van der Waals surface area contributed by atoms with Crippen molar-refractivity contribution in [3.05, 3.63) is 19.5 Å². The third kappa shape index (κ3) is 2.77. The summed E-state index contributed by atoms with van der Waals surface area (Å²) in [7, 11) is 0. The van der Waals surface area contributed by atoms with Gasteiger partial charge in [0.05, 0.1) is 0 Å². The zero-order valence-electron chi connectivity index (χ0n) is 11.3. The smallest absolute Gasteiger partial charge is 0.418 e. The lowest BCUT2D eigenvalue weighted by molar-refractivity contribution is 0.405. The second-order valence-electron chi connectivity index (χ2n) is 4.16. The van der Waals surface area contributed by atoms with Gasteiger partial charge in [-0.05, 0) is 27.7 Å². The second kappa shape index (κ2) is 5.63. The van der Waals surface area contributed by atoms with Crippen LogP contribution in [0.15, 0.2) is 0 Å². The molecule has 2 aromatic heterocycles. The van der Waals surface area contributed by atoms with Gasteiger partial charge in [0.1, 0.15) is 0 Å². The van der Waals surface area contributed by atoms with Gasteiger partial charge in [-0.3, -0.25) is 0 Å². The third-order valence-corrected chi connectivity index (χ3v) is 5.24. The van der Waals surface area contributed by atoms with E-state index in [0.717, 1.165) is 0 Å². The SMILES string of the molecule is Cc1sc(C)c(OS(=O)Oc2c(C)sc(C)c2O)c1O. The van der Waals surface area contributed by atoms with Crippen molar-refractivity contribution >= 4 is 34.0 Å². The first-order chi connectivity index (χ1) is 9.31. The van der Waals surface area contributed by atoms with Crippen molar-refractivity contribution in [2.45, 2.75) is 27.7 Å². The van der Waals surface area contributed by atoms with Crippen molar-refractivity contribution in [2.75, 3.05) is 0 Å². The minimum absolute atomic E-state index is 0.0353. The molecule has 0 aliphatic carbocycles. The van der Waals surface area contributed by atoms with Crippen LogP contribution >= 0.6 is 22.7 Å². The minimum Gasteiger partial charge on any atom is -0.503 e. The largest absolute Gasteiger partial charge is 0.503 e. The number of aryl methyl sites for hydroxylation is 4. The summed E-state index contributed by atoms with van der Waals surface area (Å²) in [6.07, 6.45) is 0. The molecule has 0 aliphatic rings. The molecule has 0 radical (unpaired) electrons. The molecule has 0 unspecified atom stereocenters. The van der Waals surface area contributed by atoms with E-state index in [2.05, 4.69) is 0 Å². The fourth-order valence-corrected chi connectivity index (χ4v) is 4.23. The Kier molecular flexibility index (Phi) is 4.26. The Morgan fingerprint density at radius 1 is 0.800 bits per heavy atom. The summed E-state index contributed by atoms with van der Waals surface area (Å²) in [6, 6.07) is 0. The molecule has 2 heterocycles. The van der Waals surface area contributed by atoms with E-state index in [-0.39, 0.29) is 23.0 Å². The Hall–Kier alpha value is -1.25. The molecule has 0 fully saturated rings. The summed E-state index contributed by atoms with van der Waals surface area (Å²) in [5.74, 6) is 0.226. The van der Waals surface area contributed by atoms with E-state index >= 15 is 0 Å². The van der Waals surface area contributed by atoms with Crippen LogP contribution in [-0.2, 0) is 11.4 Å². The lowest BCUT2D eigenvalue weighted by atomic mass is 10.4. The van der Waals surface area contributed by atoms with E-state index in [1.807, 2.05) is 0 Å². The molecule has 5 nitrogen and oxygen atoms in total. The maximum absolute atomic E-state index is 11.9. The van der Waals surface area contributed by atoms with E-state index < -0.39 is 11.4 Å². The van der Waals surface area contributed by atoms with E-state index in [1.165, 1.54) is 22.7 Å². The van der Waals surface area contributed by atoms with Crippen molar-refractivity contribution < 1.29 is 22.8 Å². The van der Waals surface area contributed by atoms with E-state index in [0.29, 0.717) is 19.5 Å². The Balaban J connectivity index is 2.17. The van der Waals surface area contributed by atoms with Crippen LogP contribution in [0.5, 0.6) is 23.0 Å². The average molecular weight is 334 g/mol. The van der Waals surface area contributed by atoms with Crippen LogP contribution in [0.4, 0.5) is 0 Å². The highest BCUT2D eigenvalue weighted by Gasteiger charge is 2.21. The Morgan fingerprint density at radius 2 is 1.15 bits per heavy atom. The van der Waals surface area contributed by atoms with Gasteiger partial charge >= 0.3 is 11.4 Å². The number of hydrogen-bond acceptors (Lipinski definition) is 7. The zero-order valence-corrected chi connectivity index (χ0v) is 13.8. The van der Waals surface area contributed by atoms with Crippen molar-refractivity contribution in [3.63, 3.8) is 0 Å². The summed E-state index contributed by atoms with van der Waals surface area (Å²) in [5.41, 5.74) is 0. The van der Waals surface area contributed by atoms with Gasteiger partial charge in [-0.25, -0.2) is 0 Å². The summed E-state index contributed by atoms with van der Waals surface area (Å²) >= 11 is 0.541. The molecule has 0 aromatic carbocycles. The molecular formula is C12H14O5S3. The Bertz CT molecular complexity index is 615. The van der Waals surface area contributed by atoms with Crippen molar-refractivity contribution in [1.29, 1.82) is 0 Å². The lowest BCUT2D eigenvalue weighted by Gasteiger charge is -2.06. The van der Waals surface area contributed by atoms with Gasteiger partial charge in [0.25, 0.3) is 0 Å². The topological polar surface area (TPSA) is 76.0 Å². The zero-order chi connectivity index (χ0) is 15.0. The molecule has 0 bridgehead atoms. The Morgan fingerprint density at radius 3 is 1.40 bits per heavy atom. The van der Waals surface area contributed by atoms with Crippen LogP contribution < -0.4 is 8.37 Å². The highest BCUT2D eigenvalue weighted by Crippen LogP contribution is 2.43. The number of aromatic hydroxyl groups is 2. The first-order valence-corrected chi connectivity index (χ1v) is 8.30. The van der Waals surface area contributed by atoms with Crippen LogP contribution in [0.2, 0.25) is 0 Å². The standard InChI is InChI=1S/C12H14O5S3/c1-5-9(13)11(7(3)18-5)16-20(15)17-12-8(4)19-6(2)10(12)14/h13-14H,1-4H3. The van der Waals surface area contributed by atoms with E-state index in [4.69, 9.17) is 8.37 Å². The predicted octanol–water partition coefficient (Wildman–Crippen LogP) is 3.49. The molecule has 8 heteroatoms. The summed E-state index contributed by atoms with van der Waals surface area (Å²) in [5, 5.41) is 19.6. The van der Waals surface area contributed by atoms with Crippen LogP contribution in [0, 0.1) is 27.7 Å². The maximum atomic E-state index is 11.9.